The van der Waals surface area contributed by atoms with Crippen LogP contribution in [0.3, 0.4) is 0 Å². The molecule has 1 radical (unpaired) electrons. The Labute approximate surface area is 191 Å². The number of rotatable bonds is 5. The number of benzene rings is 4. The van der Waals surface area contributed by atoms with E-state index < -0.39 is 7.14 Å². The van der Waals surface area contributed by atoms with E-state index in [1.807, 2.05) is 72.8 Å². The van der Waals surface area contributed by atoms with Gasteiger partial charge in [-0.15, -0.1) is 0 Å². The maximum Gasteiger partial charge on any atom is 0.171 e. The predicted octanol–water partition coefficient (Wildman–Crippen LogP) is 6.38. The summed E-state index contributed by atoms with van der Waals surface area (Å²) in [6.45, 7) is 0. The molecular weight excluding hydrogens is 407 g/mol. The van der Waals surface area contributed by atoms with Gasteiger partial charge in [0, 0.05) is 21.3 Å². The summed E-state index contributed by atoms with van der Waals surface area (Å²) < 4.78 is 14.7. The summed E-state index contributed by atoms with van der Waals surface area (Å²) >= 11 is 0. The molecule has 0 atom stereocenters. The Hall–Kier alpha value is -2.89. The van der Waals surface area contributed by atoms with Gasteiger partial charge in [-0.25, -0.2) is 0 Å². The Morgan fingerprint density at radius 3 is 1.56 bits per heavy atom. The third-order valence-electron chi connectivity index (χ3n) is 7.00. The van der Waals surface area contributed by atoms with E-state index in [1.165, 1.54) is 30.4 Å². The van der Waals surface area contributed by atoms with Crippen LogP contribution in [-0.4, -0.2) is 0 Å². The van der Waals surface area contributed by atoms with Gasteiger partial charge in [-0.05, 0) is 30.0 Å². The van der Waals surface area contributed by atoms with Crippen molar-refractivity contribution in [1.82, 2.24) is 0 Å². The summed E-state index contributed by atoms with van der Waals surface area (Å²) in [5.41, 5.74) is 2.74. The van der Waals surface area contributed by atoms with Gasteiger partial charge in [0.05, 0.1) is 0 Å². The summed E-state index contributed by atoms with van der Waals surface area (Å²) in [5, 5.41) is 2.65. The summed E-state index contributed by atoms with van der Waals surface area (Å²) in [6.07, 6.45) is 6.10. The Morgan fingerprint density at radius 2 is 1.03 bits per heavy atom. The minimum absolute atomic E-state index is 0.0371. The van der Waals surface area contributed by atoms with E-state index in [0.29, 0.717) is 0 Å². The van der Waals surface area contributed by atoms with E-state index in [-0.39, 0.29) is 5.41 Å². The molecular formula is C30H28OP. The first kappa shape index (κ1) is 21.0. The summed E-state index contributed by atoms with van der Waals surface area (Å²) in [4.78, 5) is 0. The second-order valence-electron chi connectivity index (χ2n) is 8.76. The van der Waals surface area contributed by atoms with Gasteiger partial charge < -0.3 is 4.57 Å². The second kappa shape index (κ2) is 8.93. The average molecular weight is 436 g/mol. The molecule has 5 rings (SSSR count). The lowest BCUT2D eigenvalue weighted by Crippen LogP contribution is -2.31. The highest BCUT2D eigenvalue weighted by molar-refractivity contribution is 7.85. The second-order valence-corrected chi connectivity index (χ2v) is 11.5. The Bertz CT molecular complexity index is 1150. The molecule has 0 spiro atoms. The van der Waals surface area contributed by atoms with Crippen LogP contribution in [0.5, 0.6) is 0 Å². The third-order valence-corrected chi connectivity index (χ3v) is 10.1. The topological polar surface area (TPSA) is 17.1 Å². The molecule has 159 valence electrons. The van der Waals surface area contributed by atoms with Gasteiger partial charge in [0.15, 0.2) is 7.14 Å². The summed E-state index contributed by atoms with van der Waals surface area (Å²) in [5.74, 6) is 0. The van der Waals surface area contributed by atoms with E-state index >= 15 is 0 Å². The van der Waals surface area contributed by atoms with E-state index in [1.54, 1.807) is 0 Å². The van der Waals surface area contributed by atoms with E-state index in [9.17, 15) is 4.57 Å². The zero-order valence-electron chi connectivity index (χ0n) is 18.3. The van der Waals surface area contributed by atoms with Crippen molar-refractivity contribution in [1.29, 1.82) is 0 Å². The molecule has 1 aliphatic carbocycles. The average Bonchev–Trinajstić information content (AvgIpc) is 2.90. The maximum atomic E-state index is 14.7. The first-order chi connectivity index (χ1) is 15.7. The van der Waals surface area contributed by atoms with Crippen LogP contribution < -0.4 is 15.9 Å². The fraction of sp³-hybridized carbons (Fsp3) is 0.200. The van der Waals surface area contributed by atoms with Crippen LogP contribution in [0.2, 0.25) is 0 Å². The monoisotopic (exact) mass is 435 g/mol. The minimum Gasteiger partial charge on any atom is -0.309 e. The number of hydrogen-bond acceptors (Lipinski definition) is 1. The van der Waals surface area contributed by atoms with Gasteiger partial charge >= 0.3 is 0 Å². The molecule has 1 fully saturated rings. The van der Waals surface area contributed by atoms with Crippen molar-refractivity contribution in [2.24, 2.45) is 0 Å². The van der Waals surface area contributed by atoms with Gasteiger partial charge in [0.25, 0.3) is 0 Å². The number of hydrogen-bond donors (Lipinski definition) is 0. The Balaban J connectivity index is 1.62. The molecule has 1 aliphatic rings. The molecule has 1 saturated carbocycles. The zero-order valence-corrected chi connectivity index (χ0v) is 19.2. The van der Waals surface area contributed by atoms with Crippen LogP contribution in [0.25, 0.3) is 0 Å². The van der Waals surface area contributed by atoms with Crippen LogP contribution in [0.15, 0.2) is 109 Å². The van der Waals surface area contributed by atoms with Crippen molar-refractivity contribution < 1.29 is 4.57 Å². The third kappa shape index (κ3) is 3.65. The first-order valence-electron chi connectivity index (χ1n) is 11.5. The smallest absolute Gasteiger partial charge is 0.171 e. The summed E-state index contributed by atoms with van der Waals surface area (Å²) in [7, 11) is -2.94. The van der Waals surface area contributed by atoms with Crippen LogP contribution in [0, 0.1) is 6.07 Å². The molecule has 0 saturated heterocycles. The van der Waals surface area contributed by atoms with Crippen molar-refractivity contribution in [3.05, 3.63) is 126 Å². The standard InChI is InChI=1S/C30H28OP/c31-32(27-15-7-2-8-16-27,28-17-9-3-10-18-28)29-21-19-26(20-22-29)30(23-11-4-12-24-30)25-13-5-1-6-14-25/h2-3,5-10,13-22H,4,11-12,23-24H2. The van der Waals surface area contributed by atoms with Crippen molar-refractivity contribution in [3.8, 4) is 0 Å². The van der Waals surface area contributed by atoms with Crippen molar-refractivity contribution in [2.75, 3.05) is 0 Å². The maximum absolute atomic E-state index is 14.7. The SMILES string of the molecule is O=P(c1ccccc1)(c1ccccc1)c1ccc(C2(c3cc[c]cc3)CCCCC2)cc1. The molecule has 0 aliphatic heterocycles. The molecule has 2 heteroatoms. The highest BCUT2D eigenvalue weighted by Gasteiger charge is 2.36. The molecule has 0 bridgehead atoms. The predicted molar refractivity (Wildman–Crippen MR) is 135 cm³/mol. The van der Waals surface area contributed by atoms with E-state index in [0.717, 1.165) is 28.8 Å². The molecule has 4 aromatic rings. The van der Waals surface area contributed by atoms with Crippen LogP contribution in [0.4, 0.5) is 0 Å². The quantitative estimate of drug-likeness (QED) is 0.333. The van der Waals surface area contributed by atoms with Gasteiger partial charge in [-0.1, -0.05) is 128 Å². The van der Waals surface area contributed by atoms with E-state index in [4.69, 9.17) is 0 Å². The molecule has 0 heterocycles. The lowest BCUT2D eigenvalue weighted by atomic mass is 9.65. The van der Waals surface area contributed by atoms with E-state index in [2.05, 4.69) is 42.5 Å². The summed E-state index contributed by atoms with van der Waals surface area (Å²) in [6, 6.07) is 40.2. The van der Waals surface area contributed by atoms with Crippen LogP contribution in [-0.2, 0) is 9.98 Å². The zero-order chi connectivity index (χ0) is 21.9. The van der Waals surface area contributed by atoms with Crippen LogP contribution >= 0.6 is 7.14 Å². The van der Waals surface area contributed by atoms with Gasteiger partial charge in [-0.3, -0.25) is 0 Å². The molecule has 0 N–H and O–H groups in total. The van der Waals surface area contributed by atoms with Crippen LogP contribution in [0.1, 0.15) is 43.2 Å². The largest absolute Gasteiger partial charge is 0.309 e. The minimum atomic E-state index is -2.94. The van der Waals surface area contributed by atoms with Crippen molar-refractivity contribution >= 4 is 23.1 Å². The molecule has 0 unspecified atom stereocenters. The van der Waals surface area contributed by atoms with Crippen molar-refractivity contribution in [3.63, 3.8) is 0 Å². The lowest BCUT2D eigenvalue weighted by molar-refractivity contribution is 0.346. The highest BCUT2D eigenvalue weighted by atomic mass is 31.2. The molecule has 0 aromatic heterocycles. The highest BCUT2D eigenvalue weighted by Crippen LogP contribution is 2.46. The fourth-order valence-electron chi connectivity index (χ4n) is 5.32. The Kier molecular flexibility index (Phi) is 5.85. The van der Waals surface area contributed by atoms with Gasteiger partial charge in [-0.2, -0.15) is 0 Å². The normalized spacial score (nSPS) is 15.9. The van der Waals surface area contributed by atoms with Gasteiger partial charge in [0.1, 0.15) is 0 Å². The van der Waals surface area contributed by atoms with Crippen molar-refractivity contribution in [2.45, 2.75) is 37.5 Å². The Morgan fingerprint density at radius 1 is 0.562 bits per heavy atom. The lowest BCUT2D eigenvalue weighted by Gasteiger charge is -2.39. The fourth-order valence-corrected chi connectivity index (χ4v) is 7.97. The molecule has 32 heavy (non-hydrogen) atoms. The molecule has 0 amide bonds. The van der Waals surface area contributed by atoms with Gasteiger partial charge in [0.2, 0.25) is 0 Å². The molecule has 1 nitrogen and oxygen atoms in total. The first-order valence-corrected chi connectivity index (χ1v) is 13.2. The molecule has 4 aromatic carbocycles.